The number of hydrogen-bond donors (Lipinski definition) is 1. The Morgan fingerprint density at radius 2 is 1.97 bits per heavy atom. The van der Waals surface area contributed by atoms with Crippen LogP contribution in [0.2, 0.25) is 0 Å². The predicted molar refractivity (Wildman–Crippen MR) is 129 cm³/mol. The number of aryl methyl sites for hydroxylation is 1. The van der Waals surface area contributed by atoms with Gasteiger partial charge >= 0.3 is 6.09 Å². The van der Waals surface area contributed by atoms with Gasteiger partial charge in [0.05, 0.1) is 41.2 Å². The molecule has 8 heteroatoms. The second kappa shape index (κ2) is 8.41. The highest BCUT2D eigenvalue weighted by atomic mass is 16.6. The molecule has 0 spiro atoms. The van der Waals surface area contributed by atoms with Crippen molar-refractivity contribution >= 4 is 27.9 Å². The van der Waals surface area contributed by atoms with Gasteiger partial charge in [-0.25, -0.2) is 9.48 Å². The molecule has 0 saturated heterocycles. The molecule has 0 fully saturated rings. The maximum Gasteiger partial charge on any atom is 0.419 e. The van der Waals surface area contributed by atoms with Gasteiger partial charge in [-0.2, -0.15) is 10.4 Å². The Kier molecular flexibility index (Phi) is 5.74. The van der Waals surface area contributed by atoms with Gasteiger partial charge in [-0.15, -0.1) is 0 Å². The van der Waals surface area contributed by atoms with Crippen molar-refractivity contribution in [1.29, 1.82) is 5.26 Å². The minimum atomic E-state index is -0.633. The zero-order valence-corrected chi connectivity index (χ0v) is 20.2. The first-order valence-electron chi connectivity index (χ1n) is 11.1. The Labute approximate surface area is 197 Å². The number of nitrogens with zero attached hydrogens (tertiary/aromatic N) is 4. The average Bonchev–Trinajstić information content (AvgIpc) is 3.37. The van der Waals surface area contributed by atoms with E-state index < -0.39 is 11.7 Å². The second-order valence-electron chi connectivity index (χ2n) is 9.27. The van der Waals surface area contributed by atoms with Gasteiger partial charge in [0.25, 0.3) is 0 Å². The molecule has 4 rings (SSSR count). The van der Waals surface area contributed by atoms with Gasteiger partial charge in [0.15, 0.2) is 0 Å². The number of hydrogen-bond acceptors (Lipinski definition) is 6. The average molecular weight is 461 g/mol. The molecule has 0 aliphatic heterocycles. The summed E-state index contributed by atoms with van der Waals surface area (Å²) in [5.41, 5.74) is 2.77. The van der Waals surface area contributed by atoms with Crippen LogP contribution in [0.5, 0.6) is 11.6 Å². The summed E-state index contributed by atoms with van der Waals surface area (Å²) in [5, 5.41) is 26.2. The molecule has 176 valence electrons. The molecule has 2 aromatic heterocycles. The van der Waals surface area contributed by atoms with Crippen LogP contribution in [-0.4, -0.2) is 38.3 Å². The second-order valence-corrected chi connectivity index (χ2v) is 9.27. The third-order valence-electron chi connectivity index (χ3n) is 5.79. The fraction of sp³-hybridized carbons (Fsp3) is 0.346. The van der Waals surface area contributed by atoms with E-state index in [9.17, 15) is 15.2 Å². The molecule has 2 aromatic carbocycles. The summed E-state index contributed by atoms with van der Waals surface area (Å²) in [6.45, 7) is 9.39. The molecule has 0 bridgehead atoms. The lowest BCUT2D eigenvalue weighted by atomic mass is 9.97. The number of aromatic hydroxyl groups is 1. The fourth-order valence-corrected chi connectivity index (χ4v) is 4.38. The van der Waals surface area contributed by atoms with Crippen LogP contribution in [0.3, 0.4) is 0 Å². The smallest absolute Gasteiger partial charge is 0.419 e. The summed E-state index contributed by atoms with van der Waals surface area (Å²) in [7, 11) is 1.60. The van der Waals surface area contributed by atoms with E-state index in [0.717, 1.165) is 16.5 Å². The van der Waals surface area contributed by atoms with Crippen molar-refractivity contribution in [3.63, 3.8) is 0 Å². The maximum atomic E-state index is 12.9. The molecular weight excluding hydrogens is 432 g/mol. The first-order chi connectivity index (χ1) is 16.1. The van der Waals surface area contributed by atoms with Gasteiger partial charge in [-0.05, 0) is 70.0 Å². The molecule has 34 heavy (non-hydrogen) atoms. The molecule has 0 saturated carbocycles. The van der Waals surface area contributed by atoms with Crippen molar-refractivity contribution < 1.29 is 19.4 Å². The van der Waals surface area contributed by atoms with Gasteiger partial charge in [-0.3, -0.25) is 4.57 Å². The molecule has 0 aliphatic carbocycles. The molecule has 1 unspecified atom stereocenters. The first kappa shape index (κ1) is 23.2. The van der Waals surface area contributed by atoms with Crippen molar-refractivity contribution in [3.05, 3.63) is 53.2 Å². The minimum Gasteiger partial charge on any atom is -0.496 e. The molecule has 0 radical (unpaired) electrons. The number of fused-ring (bicyclic) bond motifs is 2. The Bertz CT molecular complexity index is 1450. The van der Waals surface area contributed by atoms with Gasteiger partial charge in [-0.1, -0.05) is 6.92 Å². The number of benzene rings is 2. The van der Waals surface area contributed by atoms with Crippen molar-refractivity contribution in [2.75, 3.05) is 7.11 Å². The van der Waals surface area contributed by atoms with Crippen LogP contribution in [0.4, 0.5) is 4.79 Å². The standard InChI is InChI=1S/C26H28N4O4/c1-7-20(30-24(31)18-13-16(14-27)8-9-19(18)28-30)22-17-10-11-29(25(32)34-26(3,4)5)23(17)15(2)12-21(22)33-6/h8-13,20,31H,7H2,1-6H3. The van der Waals surface area contributed by atoms with Crippen LogP contribution in [0.25, 0.3) is 21.8 Å². The van der Waals surface area contributed by atoms with E-state index in [4.69, 9.17) is 9.47 Å². The van der Waals surface area contributed by atoms with Crippen LogP contribution in [-0.2, 0) is 4.74 Å². The van der Waals surface area contributed by atoms with Crippen LogP contribution >= 0.6 is 0 Å². The van der Waals surface area contributed by atoms with Crippen molar-refractivity contribution in [2.24, 2.45) is 0 Å². The zero-order valence-electron chi connectivity index (χ0n) is 20.2. The summed E-state index contributed by atoms with van der Waals surface area (Å²) in [6, 6.07) is 10.5. The molecule has 1 N–H and O–H groups in total. The Hall–Kier alpha value is -3.99. The third kappa shape index (κ3) is 3.83. The molecule has 2 heterocycles. The normalized spacial score (nSPS) is 12.6. The van der Waals surface area contributed by atoms with Gasteiger partial charge in [0.2, 0.25) is 5.88 Å². The van der Waals surface area contributed by atoms with E-state index in [1.807, 2.05) is 46.8 Å². The molecule has 8 nitrogen and oxygen atoms in total. The van der Waals surface area contributed by atoms with E-state index in [1.165, 1.54) is 4.57 Å². The minimum absolute atomic E-state index is 0.0266. The lowest BCUT2D eigenvalue weighted by molar-refractivity contribution is 0.0544. The quantitative estimate of drug-likeness (QED) is 0.421. The molecule has 0 aliphatic rings. The summed E-state index contributed by atoms with van der Waals surface area (Å²) < 4.78 is 14.4. The Balaban J connectivity index is 1.95. The van der Waals surface area contributed by atoms with Crippen molar-refractivity contribution in [1.82, 2.24) is 14.3 Å². The largest absolute Gasteiger partial charge is 0.496 e. The number of rotatable bonds is 4. The topological polar surface area (TPSA) is 102 Å². The number of aromatic nitrogens is 3. The number of carbonyl (C=O) groups is 1. The van der Waals surface area contributed by atoms with Gasteiger partial charge in [0.1, 0.15) is 11.4 Å². The van der Waals surface area contributed by atoms with Crippen LogP contribution in [0.15, 0.2) is 36.5 Å². The number of methoxy groups -OCH3 is 1. The zero-order chi connectivity index (χ0) is 24.8. The van der Waals surface area contributed by atoms with Crippen molar-refractivity contribution in [3.8, 4) is 17.7 Å². The number of ether oxygens (including phenoxy) is 2. The summed E-state index contributed by atoms with van der Waals surface area (Å²) in [4.78, 5) is 12.9. The summed E-state index contributed by atoms with van der Waals surface area (Å²) >= 11 is 0. The van der Waals surface area contributed by atoms with Crippen LogP contribution in [0, 0.1) is 18.3 Å². The highest BCUT2D eigenvalue weighted by molar-refractivity contribution is 5.95. The fourth-order valence-electron chi connectivity index (χ4n) is 4.38. The SMILES string of the molecule is CCC(c1c(OC)cc(C)c2c1ccn2C(=O)OC(C)(C)C)n1nc2ccc(C#N)cc2c1O. The molecule has 4 aromatic rings. The molecule has 0 amide bonds. The third-order valence-corrected chi connectivity index (χ3v) is 5.79. The first-order valence-corrected chi connectivity index (χ1v) is 11.1. The van der Waals surface area contributed by atoms with Crippen LogP contribution < -0.4 is 4.74 Å². The van der Waals surface area contributed by atoms with Crippen molar-refractivity contribution in [2.45, 2.75) is 52.7 Å². The van der Waals surface area contributed by atoms with Crippen LogP contribution in [0.1, 0.15) is 56.8 Å². The highest BCUT2D eigenvalue weighted by Gasteiger charge is 2.28. The van der Waals surface area contributed by atoms with E-state index in [2.05, 4.69) is 11.2 Å². The predicted octanol–water partition coefficient (Wildman–Crippen LogP) is 5.67. The lowest BCUT2D eigenvalue weighted by Gasteiger charge is -2.23. The van der Waals surface area contributed by atoms with E-state index in [1.54, 1.807) is 36.2 Å². The molecule has 1 atom stereocenters. The van der Waals surface area contributed by atoms with Gasteiger partial charge in [0, 0.05) is 17.1 Å². The molecular formula is C26H28N4O4. The summed E-state index contributed by atoms with van der Waals surface area (Å²) in [5.74, 6) is 0.608. The van der Waals surface area contributed by atoms with Gasteiger partial charge < -0.3 is 14.6 Å². The Morgan fingerprint density at radius 1 is 1.24 bits per heavy atom. The monoisotopic (exact) mass is 460 g/mol. The summed E-state index contributed by atoms with van der Waals surface area (Å²) in [6.07, 6.45) is 1.82. The number of carbonyl (C=O) groups excluding carboxylic acids is 1. The van der Waals surface area contributed by atoms with E-state index in [-0.39, 0.29) is 11.9 Å². The lowest BCUT2D eigenvalue weighted by Crippen LogP contribution is -2.26. The highest BCUT2D eigenvalue weighted by Crippen LogP contribution is 2.41. The number of nitriles is 1. The maximum absolute atomic E-state index is 12.9. The van der Waals surface area contributed by atoms with E-state index in [0.29, 0.717) is 34.2 Å². The Morgan fingerprint density at radius 3 is 2.59 bits per heavy atom. The van der Waals surface area contributed by atoms with E-state index >= 15 is 0 Å².